The van der Waals surface area contributed by atoms with Crippen LogP contribution >= 0.6 is 23.2 Å². The average molecular weight is 458 g/mol. The van der Waals surface area contributed by atoms with Crippen LogP contribution < -0.4 is 14.2 Å². The first-order valence-corrected chi connectivity index (χ1v) is 11.2. The number of nitrogens with one attached hydrogen (secondary N) is 1. The lowest BCUT2D eigenvalue weighted by atomic mass is 9.97. The van der Waals surface area contributed by atoms with Gasteiger partial charge in [-0.1, -0.05) is 35.3 Å². The summed E-state index contributed by atoms with van der Waals surface area (Å²) in [6.07, 6.45) is 1.18. The first kappa shape index (κ1) is 20.3. The van der Waals surface area contributed by atoms with Crippen LogP contribution in [0.2, 0.25) is 10.0 Å². The van der Waals surface area contributed by atoms with Crippen LogP contribution in [0.25, 0.3) is 0 Å². The highest BCUT2D eigenvalue weighted by molar-refractivity contribution is 7.89. The summed E-state index contributed by atoms with van der Waals surface area (Å²) < 4.78 is 38.7. The highest BCUT2D eigenvalue weighted by Gasteiger charge is 2.40. The van der Waals surface area contributed by atoms with Gasteiger partial charge in [0.15, 0.2) is 11.5 Å². The molecule has 2 aromatic rings. The molecule has 1 aliphatic heterocycles. The molecule has 3 unspecified atom stereocenters. The Balaban J connectivity index is 1.59. The predicted molar refractivity (Wildman–Crippen MR) is 106 cm³/mol. The predicted octanol–water partition coefficient (Wildman–Crippen LogP) is 3.79. The molecule has 3 atom stereocenters. The molecule has 1 heterocycles. The van der Waals surface area contributed by atoms with Crippen LogP contribution in [0.4, 0.5) is 0 Å². The lowest BCUT2D eigenvalue weighted by Crippen LogP contribution is -2.44. The molecule has 1 aliphatic carbocycles. The number of rotatable bonds is 6. The monoisotopic (exact) mass is 457 g/mol. The van der Waals surface area contributed by atoms with Crippen LogP contribution in [0.3, 0.4) is 0 Å². The lowest BCUT2D eigenvalue weighted by Gasteiger charge is -2.19. The van der Waals surface area contributed by atoms with Crippen molar-refractivity contribution in [3.05, 3.63) is 52.0 Å². The number of para-hydroxylation sites is 1. The Hall–Kier alpha value is -2.00. The second-order valence-corrected chi connectivity index (χ2v) is 9.43. The molecule has 2 aromatic carbocycles. The van der Waals surface area contributed by atoms with Gasteiger partial charge >= 0.3 is 5.97 Å². The number of fused-ring (bicyclic) bond motifs is 3. The van der Waals surface area contributed by atoms with E-state index in [9.17, 15) is 18.3 Å². The fourth-order valence-corrected chi connectivity index (χ4v) is 5.17. The maximum Gasteiger partial charge on any atom is 0.361 e. The normalized spacial score (nSPS) is 21.2. The number of sulfonamides is 1. The van der Waals surface area contributed by atoms with Crippen molar-refractivity contribution in [1.82, 2.24) is 4.72 Å². The number of aliphatic carboxylic acids is 1. The van der Waals surface area contributed by atoms with Gasteiger partial charge in [-0.15, -0.1) is 0 Å². The summed E-state index contributed by atoms with van der Waals surface area (Å²) >= 11 is 11.7. The Labute approximate surface area is 177 Å². The summed E-state index contributed by atoms with van der Waals surface area (Å²) in [7, 11) is -4.23. The smallest absolute Gasteiger partial charge is 0.361 e. The molecule has 0 radical (unpaired) electrons. The van der Waals surface area contributed by atoms with Crippen molar-refractivity contribution >= 4 is 39.2 Å². The molecule has 154 valence electrons. The van der Waals surface area contributed by atoms with E-state index < -0.39 is 22.2 Å². The van der Waals surface area contributed by atoms with Gasteiger partial charge in [-0.05, 0) is 43.5 Å². The van der Waals surface area contributed by atoms with Crippen LogP contribution in [0.1, 0.15) is 30.7 Å². The standard InChI is InChI=1S/C19H17Cl2NO6S/c20-13-8-7-10(9-14(13)21)29(25,26)22-18(19(23)24)28-16-6-2-4-12-11-3-1-5-15(11)27-17(12)16/h2,4,6-9,11,15,18,22H,1,3,5H2,(H,23,24). The van der Waals surface area contributed by atoms with E-state index in [1.807, 2.05) is 10.8 Å². The number of hydrogen-bond donors (Lipinski definition) is 2. The average Bonchev–Trinajstić information content (AvgIpc) is 3.25. The molecule has 2 aliphatic rings. The van der Waals surface area contributed by atoms with E-state index in [-0.39, 0.29) is 32.7 Å². The van der Waals surface area contributed by atoms with Crippen LogP contribution in [0, 0.1) is 0 Å². The molecule has 1 saturated carbocycles. The summed E-state index contributed by atoms with van der Waals surface area (Å²) in [5.74, 6) is -0.586. The van der Waals surface area contributed by atoms with Crippen molar-refractivity contribution in [2.24, 2.45) is 0 Å². The topological polar surface area (TPSA) is 102 Å². The van der Waals surface area contributed by atoms with Crippen LogP contribution in [0.5, 0.6) is 11.5 Å². The third-order valence-corrected chi connectivity index (χ3v) is 7.20. The molecule has 10 heteroatoms. The van der Waals surface area contributed by atoms with Gasteiger partial charge in [0.1, 0.15) is 6.10 Å². The Bertz CT molecular complexity index is 1070. The Kier molecular flexibility index (Phi) is 5.37. The number of hydrogen-bond acceptors (Lipinski definition) is 5. The molecule has 0 bridgehead atoms. The van der Waals surface area contributed by atoms with Gasteiger partial charge in [0, 0.05) is 11.5 Å². The van der Waals surface area contributed by atoms with Crippen molar-refractivity contribution < 1.29 is 27.8 Å². The summed E-state index contributed by atoms with van der Waals surface area (Å²) in [6, 6.07) is 8.89. The molecular formula is C19H17Cl2NO6S. The summed E-state index contributed by atoms with van der Waals surface area (Å²) in [6.45, 7) is 0. The van der Waals surface area contributed by atoms with Gasteiger partial charge in [-0.2, -0.15) is 4.72 Å². The van der Waals surface area contributed by atoms with Gasteiger partial charge in [0.2, 0.25) is 10.0 Å². The van der Waals surface area contributed by atoms with E-state index in [1.54, 1.807) is 12.1 Å². The maximum atomic E-state index is 12.6. The second-order valence-electron chi connectivity index (χ2n) is 6.90. The van der Waals surface area contributed by atoms with E-state index in [0.29, 0.717) is 5.75 Å². The molecule has 1 fully saturated rings. The van der Waals surface area contributed by atoms with Crippen molar-refractivity contribution in [3.8, 4) is 11.5 Å². The minimum atomic E-state index is -4.23. The molecule has 0 amide bonds. The van der Waals surface area contributed by atoms with Gasteiger partial charge < -0.3 is 14.6 Å². The lowest BCUT2D eigenvalue weighted by molar-refractivity contribution is -0.145. The zero-order chi connectivity index (χ0) is 20.8. The molecule has 0 saturated heterocycles. The number of carboxylic acids is 1. The van der Waals surface area contributed by atoms with Crippen LogP contribution in [-0.4, -0.2) is 31.8 Å². The van der Waals surface area contributed by atoms with Crippen molar-refractivity contribution in [2.75, 3.05) is 0 Å². The number of ether oxygens (including phenoxy) is 2. The molecule has 4 rings (SSSR count). The third-order valence-electron chi connectivity index (χ3n) is 5.06. The zero-order valence-electron chi connectivity index (χ0n) is 15.0. The zero-order valence-corrected chi connectivity index (χ0v) is 17.3. The van der Waals surface area contributed by atoms with Gasteiger partial charge in [-0.3, -0.25) is 0 Å². The quantitative estimate of drug-likeness (QED) is 0.639. The fraction of sp³-hybridized carbons (Fsp3) is 0.316. The van der Waals surface area contributed by atoms with E-state index in [4.69, 9.17) is 32.7 Å². The highest BCUT2D eigenvalue weighted by Crippen LogP contribution is 2.50. The molecule has 2 N–H and O–H groups in total. The minimum Gasteiger partial charge on any atom is -0.486 e. The maximum absolute atomic E-state index is 12.6. The summed E-state index contributed by atoms with van der Waals surface area (Å²) in [4.78, 5) is 11.5. The molecule has 7 nitrogen and oxygen atoms in total. The Morgan fingerprint density at radius 3 is 2.72 bits per heavy atom. The van der Waals surface area contributed by atoms with Gasteiger partial charge in [0.25, 0.3) is 6.23 Å². The molecule has 0 aromatic heterocycles. The number of carbonyl (C=O) groups is 1. The Morgan fingerprint density at radius 2 is 2.00 bits per heavy atom. The van der Waals surface area contributed by atoms with E-state index in [0.717, 1.165) is 30.9 Å². The number of carboxylic acid groups (broad SMARTS) is 1. The van der Waals surface area contributed by atoms with E-state index >= 15 is 0 Å². The van der Waals surface area contributed by atoms with Crippen LogP contribution in [0.15, 0.2) is 41.3 Å². The van der Waals surface area contributed by atoms with Gasteiger partial charge in [-0.25, -0.2) is 13.2 Å². The molecular weight excluding hydrogens is 441 g/mol. The first-order chi connectivity index (χ1) is 13.8. The molecule has 0 spiro atoms. The second kappa shape index (κ2) is 7.68. The first-order valence-electron chi connectivity index (χ1n) is 8.92. The SMILES string of the molecule is O=C(O)C(NS(=O)(=O)c1ccc(Cl)c(Cl)c1)Oc1cccc2c1OC1CCCC21. The van der Waals surface area contributed by atoms with Crippen molar-refractivity contribution in [2.45, 2.75) is 42.4 Å². The number of benzene rings is 2. The number of halogens is 2. The third kappa shape index (κ3) is 3.90. The van der Waals surface area contributed by atoms with Crippen LogP contribution in [-0.2, 0) is 14.8 Å². The highest BCUT2D eigenvalue weighted by atomic mass is 35.5. The minimum absolute atomic E-state index is 0.0307. The van der Waals surface area contributed by atoms with E-state index in [2.05, 4.69) is 0 Å². The summed E-state index contributed by atoms with van der Waals surface area (Å²) in [5, 5.41) is 9.72. The van der Waals surface area contributed by atoms with E-state index in [1.165, 1.54) is 12.1 Å². The Morgan fingerprint density at radius 1 is 1.21 bits per heavy atom. The summed E-state index contributed by atoms with van der Waals surface area (Å²) in [5.41, 5.74) is 0.960. The fourth-order valence-electron chi connectivity index (χ4n) is 3.72. The van der Waals surface area contributed by atoms with Crippen molar-refractivity contribution in [1.29, 1.82) is 0 Å². The van der Waals surface area contributed by atoms with Gasteiger partial charge in [0.05, 0.1) is 14.9 Å². The molecule has 29 heavy (non-hydrogen) atoms. The largest absolute Gasteiger partial charge is 0.486 e. The van der Waals surface area contributed by atoms with Crippen molar-refractivity contribution in [3.63, 3.8) is 0 Å².